The topological polar surface area (TPSA) is 58.8 Å². The number of benzene rings is 1. The van der Waals surface area contributed by atoms with Crippen molar-refractivity contribution in [2.24, 2.45) is 5.73 Å². The molecule has 0 aliphatic heterocycles. The van der Waals surface area contributed by atoms with Crippen molar-refractivity contribution in [2.45, 2.75) is 25.8 Å². The van der Waals surface area contributed by atoms with Crippen LogP contribution >= 0.6 is 0 Å². The monoisotopic (exact) mass is 283 g/mol. The molecule has 2 N–H and O–H groups in total. The molecule has 5 nitrogen and oxygen atoms in total. The molecule has 0 aliphatic carbocycles. The van der Waals surface area contributed by atoms with E-state index >= 15 is 0 Å². The van der Waals surface area contributed by atoms with Gasteiger partial charge in [-0.05, 0) is 31.8 Å². The number of primary amides is 1. The van der Waals surface area contributed by atoms with Crippen LogP contribution in [0.2, 0.25) is 0 Å². The highest BCUT2D eigenvalue weighted by Gasteiger charge is 2.39. The second-order valence-corrected chi connectivity index (χ2v) is 4.74. The van der Waals surface area contributed by atoms with Gasteiger partial charge in [-0.2, -0.15) is 0 Å². The van der Waals surface area contributed by atoms with Crippen LogP contribution in [-0.4, -0.2) is 43.0 Å². The number of alkyl halides is 1. The van der Waals surface area contributed by atoms with Gasteiger partial charge in [0, 0.05) is 6.42 Å². The Hall–Kier alpha value is -1.82. The van der Waals surface area contributed by atoms with Crippen molar-refractivity contribution >= 4 is 6.03 Å². The van der Waals surface area contributed by atoms with Gasteiger partial charge in [-0.25, -0.2) is 9.18 Å². The van der Waals surface area contributed by atoms with E-state index in [2.05, 4.69) is 0 Å². The van der Waals surface area contributed by atoms with E-state index in [1.807, 2.05) is 0 Å². The number of nitrogens with zero attached hydrogens (tertiary/aromatic N) is 2. The van der Waals surface area contributed by atoms with Gasteiger partial charge >= 0.3 is 6.03 Å². The van der Waals surface area contributed by atoms with Crippen molar-refractivity contribution < 1.29 is 13.9 Å². The molecule has 0 saturated carbocycles. The van der Waals surface area contributed by atoms with Crippen LogP contribution in [0.5, 0.6) is 5.75 Å². The van der Waals surface area contributed by atoms with Crippen molar-refractivity contribution in [3.8, 4) is 5.75 Å². The second-order valence-electron chi connectivity index (χ2n) is 4.74. The molecule has 1 atom stereocenters. The fraction of sp³-hybridized carbons (Fsp3) is 0.500. The summed E-state index contributed by atoms with van der Waals surface area (Å²) in [6.07, 6.45) is 0.124. The van der Waals surface area contributed by atoms with Gasteiger partial charge in [-0.15, -0.1) is 0 Å². The number of hydrogen-bond donors (Lipinski definition) is 1. The molecule has 0 spiro atoms. The summed E-state index contributed by atoms with van der Waals surface area (Å²) in [4.78, 5) is 14.0. The van der Waals surface area contributed by atoms with E-state index in [4.69, 9.17) is 10.5 Å². The average Bonchev–Trinajstić information content (AvgIpc) is 2.44. The van der Waals surface area contributed by atoms with Crippen LogP contribution in [0.3, 0.4) is 0 Å². The smallest absolute Gasteiger partial charge is 0.318 e. The van der Waals surface area contributed by atoms with Gasteiger partial charge in [0.15, 0.2) is 0 Å². The predicted octanol–water partition coefficient (Wildman–Crippen LogP) is 2.17. The third kappa shape index (κ3) is 3.39. The summed E-state index contributed by atoms with van der Waals surface area (Å²) >= 11 is 0. The molecule has 0 radical (unpaired) electrons. The number of urea groups is 1. The number of ether oxygens (including phenoxy) is 1. The van der Waals surface area contributed by atoms with Crippen LogP contribution in [-0.2, 0) is 6.54 Å². The number of methoxy groups -OCH3 is 1. The lowest BCUT2D eigenvalue weighted by molar-refractivity contribution is -0.118. The lowest BCUT2D eigenvalue weighted by atomic mass is 10.1. The Morgan fingerprint density at radius 2 is 1.90 bits per heavy atom. The van der Waals surface area contributed by atoms with Crippen molar-refractivity contribution in [3.05, 3.63) is 29.8 Å². The number of halogens is 1. The minimum atomic E-state index is -1.91. The van der Waals surface area contributed by atoms with Gasteiger partial charge in [0.25, 0.3) is 0 Å². The molecule has 0 aliphatic rings. The number of nitrogens with two attached hydrogens (primary N) is 1. The molecule has 0 aromatic heterocycles. The Morgan fingerprint density at radius 1 is 1.35 bits per heavy atom. The molecule has 1 aromatic carbocycles. The SMILES string of the molecule is CCC(F)(N(C)C)N(Cc1ccc(OC)cc1)C(N)=O. The summed E-state index contributed by atoms with van der Waals surface area (Å²) < 4.78 is 20.0. The van der Waals surface area contributed by atoms with E-state index in [0.29, 0.717) is 5.75 Å². The van der Waals surface area contributed by atoms with Gasteiger partial charge in [0.1, 0.15) is 5.75 Å². The maximum absolute atomic E-state index is 14.9. The Bertz CT molecular complexity index is 450. The van der Waals surface area contributed by atoms with Gasteiger partial charge in [0.2, 0.25) is 5.92 Å². The summed E-state index contributed by atoms with van der Waals surface area (Å²) in [5.74, 6) is -1.21. The first kappa shape index (κ1) is 16.2. The molecule has 0 fully saturated rings. The van der Waals surface area contributed by atoms with Crippen molar-refractivity contribution in [2.75, 3.05) is 21.2 Å². The van der Waals surface area contributed by atoms with Gasteiger partial charge in [0.05, 0.1) is 13.7 Å². The average molecular weight is 283 g/mol. The number of carbonyl (C=O) groups is 1. The van der Waals surface area contributed by atoms with Crippen LogP contribution in [0.1, 0.15) is 18.9 Å². The summed E-state index contributed by atoms with van der Waals surface area (Å²) in [5, 5.41) is 0. The van der Waals surface area contributed by atoms with E-state index in [1.165, 1.54) is 4.90 Å². The molecule has 1 unspecified atom stereocenters. The van der Waals surface area contributed by atoms with E-state index in [-0.39, 0.29) is 13.0 Å². The van der Waals surface area contributed by atoms with Gasteiger partial charge in [-0.1, -0.05) is 19.1 Å². The first-order valence-electron chi connectivity index (χ1n) is 6.41. The fourth-order valence-corrected chi connectivity index (χ4v) is 2.03. The first-order chi connectivity index (χ1) is 9.35. The maximum Gasteiger partial charge on any atom is 0.318 e. The molecule has 1 aromatic rings. The lowest BCUT2D eigenvalue weighted by Crippen LogP contribution is -2.58. The highest BCUT2D eigenvalue weighted by molar-refractivity contribution is 5.72. The second kappa shape index (κ2) is 6.56. The number of hydrogen-bond acceptors (Lipinski definition) is 3. The summed E-state index contributed by atoms with van der Waals surface area (Å²) in [6.45, 7) is 1.77. The van der Waals surface area contributed by atoms with Gasteiger partial charge < -0.3 is 10.5 Å². The predicted molar refractivity (Wildman–Crippen MR) is 75.9 cm³/mol. The number of amides is 2. The van der Waals surface area contributed by atoms with Crippen LogP contribution in [0.25, 0.3) is 0 Å². The van der Waals surface area contributed by atoms with Crippen molar-refractivity contribution in [3.63, 3.8) is 0 Å². The zero-order valence-corrected chi connectivity index (χ0v) is 12.4. The molecule has 0 saturated heterocycles. The van der Waals surface area contributed by atoms with Crippen LogP contribution in [0.4, 0.5) is 9.18 Å². The van der Waals surface area contributed by atoms with E-state index < -0.39 is 11.9 Å². The van der Waals surface area contributed by atoms with E-state index in [9.17, 15) is 9.18 Å². The van der Waals surface area contributed by atoms with Crippen LogP contribution in [0.15, 0.2) is 24.3 Å². The first-order valence-corrected chi connectivity index (χ1v) is 6.41. The minimum absolute atomic E-state index is 0.0991. The Labute approximate surface area is 119 Å². The summed E-state index contributed by atoms with van der Waals surface area (Å²) in [7, 11) is 4.72. The minimum Gasteiger partial charge on any atom is -0.497 e. The Balaban J connectivity index is 3.00. The molecule has 1 rings (SSSR count). The largest absolute Gasteiger partial charge is 0.497 e. The maximum atomic E-state index is 14.9. The highest BCUT2D eigenvalue weighted by atomic mass is 19.2. The van der Waals surface area contributed by atoms with Crippen molar-refractivity contribution in [1.29, 1.82) is 0 Å². The zero-order valence-electron chi connectivity index (χ0n) is 12.4. The van der Waals surface area contributed by atoms with E-state index in [0.717, 1.165) is 10.5 Å². The molecular weight excluding hydrogens is 261 g/mol. The molecular formula is C14H22FN3O2. The Kier molecular flexibility index (Phi) is 5.33. The Morgan fingerprint density at radius 3 is 2.25 bits per heavy atom. The van der Waals surface area contributed by atoms with Gasteiger partial charge in [-0.3, -0.25) is 9.80 Å². The number of carbonyl (C=O) groups excluding carboxylic acids is 1. The molecule has 0 heterocycles. The molecule has 2 amide bonds. The summed E-state index contributed by atoms with van der Waals surface area (Å²) in [6, 6.07) is 6.28. The third-order valence-corrected chi connectivity index (χ3v) is 3.31. The zero-order chi connectivity index (χ0) is 15.3. The standard InChI is InChI=1S/C14H22FN3O2/c1-5-14(15,17(2)3)18(13(16)19)10-11-6-8-12(20-4)9-7-11/h6-9H,5,10H2,1-4H3,(H2,16,19). The normalized spacial score (nSPS) is 13.9. The fourth-order valence-electron chi connectivity index (χ4n) is 2.03. The van der Waals surface area contributed by atoms with E-state index in [1.54, 1.807) is 52.4 Å². The quantitative estimate of drug-likeness (QED) is 0.643. The molecule has 20 heavy (non-hydrogen) atoms. The number of rotatable bonds is 6. The lowest BCUT2D eigenvalue weighted by Gasteiger charge is -2.40. The van der Waals surface area contributed by atoms with Crippen LogP contribution in [0, 0.1) is 0 Å². The highest BCUT2D eigenvalue weighted by Crippen LogP contribution is 2.26. The molecule has 6 heteroatoms. The molecule has 0 bridgehead atoms. The summed E-state index contributed by atoms with van der Waals surface area (Å²) in [5.41, 5.74) is 6.12. The van der Waals surface area contributed by atoms with Crippen LogP contribution < -0.4 is 10.5 Å². The van der Waals surface area contributed by atoms with Crippen molar-refractivity contribution in [1.82, 2.24) is 9.80 Å². The molecule has 112 valence electrons. The third-order valence-electron chi connectivity index (χ3n) is 3.31.